The van der Waals surface area contributed by atoms with Crippen LogP contribution in [0.25, 0.3) is 0 Å². The van der Waals surface area contributed by atoms with E-state index in [1.165, 1.54) is 11.1 Å². The van der Waals surface area contributed by atoms with Crippen molar-refractivity contribution in [3.63, 3.8) is 0 Å². The summed E-state index contributed by atoms with van der Waals surface area (Å²) in [5, 5.41) is 18.8. The first-order chi connectivity index (χ1) is 10.8. The number of hydrogen-bond donors (Lipinski definition) is 2. The lowest BCUT2D eigenvalue weighted by Gasteiger charge is -2.12. The molecule has 0 unspecified atom stereocenters. The molecular formula is C20H22O2. The molecule has 0 aromatic heterocycles. The van der Waals surface area contributed by atoms with E-state index in [4.69, 9.17) is 5.11 Å². The van der Waals surface area contributed by atoms with Crippen LogP contribution in [0.1, 0.15) is 11.1 Å². The van der Waals surface area contributed by atoms with Gasteiger partial charge in [-0.15, -0.1) is 0 Å². The van der Waals surface area contributed by atoms with Gasteiger partial charge in [0.25, 0.3) is 0 Å². The van der Waals surface area contributed by atoms with E-state index in [9.17, 15) is 5.11 Å². The lowest BCUT2D eigenvalue weighted by molar-refractivity contribution is 0.327. The van der Waals surface area contributed by atoms with Gasteiger partial charge in [-0.05, 0) is 35.1 Å². The minimum Gasteiger partial charge on any atom is -0.392 e. The Morgan fingerprint density at radius 3 is 1.82 bits per heavy atom. The van der Waals surface area contributed by atoms with Crippen molar-refractivity contribution in [2.45, 2.75) is 12.8 Å². The van der Waals surface area contributed by atoms with E-state index in [1.807, 2.05) is 42.5 Å². The summed E-state index contributed by atoms with van der Waals surface area (Å²) in [5.74, 6) is 0. The van der Waals surface area contributed by atoms with Crippen molar-refractivity contribution in [3.8, 4) is 0 Å². The Morgan fingerprint density at radius 2 is 1.32 bits per heavy atom. The lowest BCUT2D eigenvalue weighted by Crippen LogP contribution is -2.03. The van der Waals surface area contributed by atoms with Crippen molar-refractivity contribution in [3.05, 3.63) is 95.1 Å². The van der Waals surface area contributed by atoms with Gasteiger partial charge in [0.15, 0.2) is 0 Å². The van der Waals surface area contributed by atoms with Crippen LogP contribution in [0.15, 0.2) is 84.0 Å². The Balaban J connectivity index is 2.28. The molecule has 2 N–H and O–H groups in total. The summed E-state index contributed by atoms with van der Waals surface area (Å²) in [6.07, 6.45) is 5.11. The molecule has 0 aliphatic rings. The number of hydrogen-bond acceptors (Lipinski definition) is 2. The van der Waals surface area contributed by atoms with E-state index in [-0.39, 0.29) is 13.2 Å². The zero-order valence-electron chi connectivity index (χ0n) is 12.7. The highest BCUT2D eigenvalue weighted by atomic mass is 16.3. The second-order valence-corrected chi connectivity index (χ2v) is 5.20. The van der Waals surface area contributed by atoms with Gasteiger partial charge < -0.3 is 10.2 Å². The highest BCUT2D eigenvalue weighted by Crippen LogP contribution is 2.18. The fourth-order valence-electron chi connectivity index (χ4n) is 2.43. The van der Waals surface area contributed by atoms with Crippen molar-refractivity contribution in [1.29, 1.82) is 0 Å². The molecule has 0 spiro atoms. The van der Waals surface area contributed by atoms with Crippen molar-refractivity contribution in [2.75, 3.05) is 13.2 Å². The van der Waals surface area contributed by atoms with E-state index in [2.05, 4.69) is 24.3 Å². The first-order valence-corrected chi connectivity index (χ1v) is 7.50. The summed E-state index contributed by atoms with van der Waals surface area (Å²) < 4.78 is 0. The highest BCUT2D eigenvalue weighted by Gasteiger charge is 2.06. The van der Waals surface area contributed by atoms with Crippen molar-refractivity contribution >= 4 is 0 Å². The summed E-state index contributed by atoms with van der Waals surface area (Å²) >= 11 is 0. The van der Waals surface area contributed by atoms with Gasteiger partial charge in [0.05, 0.1) is 13.2 Å². The van der Waals surface area contributed by atoms with Gasteiger partial charge in [-0.25, -0.2) is 0 Å². The van der Waals surface area contributed by atoms with Crippen LogP contribution < -0.4 is 0 Å². The maximum atomic E-state index is 9.78. The molecule has 0 saturated carbocycles. The smallest absolute Gasteiger partial charge is 0.0650 e. The molecule has 22 heavy (non-hydrogen) atoms. The molecule has 0 atom stereocenters. The van der Waals surface area contributed by atoms with E-state index in [0.717, 1.165) is 24.0 Å². The molecule has 0 aliphatic heterocycles. The molecule has 0 radical (unpaired) electrons. The molecule has 0 aliphatic carbocycles. The summed E-state index contributed by atoms with van der Waals surface area (Å²) in [4.78, 5) is 0. The largest absolute Gasteiger partial charge is 0.392 e. The van der Waals surface area contributed by atoms with Gasteiger partial charge in [0, 0.05) is 0 Å². The van der Waals surface area contributed by atoms with Crippen LogP contribution in [0.5, 0.6) is 0 Å². The van der Waals surface area contributed by atoms with Crippen LogP contribution in [0, 0.1) is 0 Å². The van der Waals surface area contributed by atoms with Gasteiger partial charge in [0.1, 0.15) is 0 Å². The molecular weight excluding hydrogens is 272 g/mol. The highest BCUT2D eigenvalue weighted by molar-refractivity contribution is 5.35. The van der Waals surface area contributed by atoms with Gasteiger partial charge in [0.2, 0.25) is 0 Å². The zero-order valence-corrected chi connectivity index (χ0v) is 12.7. The number of rotatable bonds is 7. The molecule has 0 amide bonds. The first-order valence-electron chi connectivity index (χ1n) is 7.50. The summed E-state index contributed by atoms with van der Waals surface area (Å²) in [7, 11) is 0. The minimum absolute atomic E-state index is 0.00232. The van der Waals surface area contributed by atoms with Crippen LogP contribution in [0.4, 0.5) is 0 Å². The zero-order chi connectivity index (χ0) is 15.6. The topological polar surface area (TPSA) is 40.5 Å². The third-order valence-corrected chi connectivity index (χ3v) is 3.57. The Morgan fingerprint density at radius 1 is 0.773 bits per heavy atom. The van der Waals surface area contributed by atoms with E-state index < -0.39 is 0 Å². The van der Waals surface area contributed by atoms with Gasteiger partial charge in [-0.3, -0.25) is 0 Å². The fraction of sp³-hybridized carbons (Fsp3) is 0.200. The fourth-order valence-corrected chi connectivity index (χ4v) is 2.43. The average Bonchev–Trinajstić information content (AvgIpc) is 2.58. The third-order valence-electron chi connectivity index (χ3n) is 3.57. The summed E-state index contributed by atoms with van der Waals surface area (Å²) in [6.45, 7) is 0.0230. The summed E-state index contributed by atoms with van der Waals surface area (Å²) in [6, 6.07) is 20.3. The van der Waals surface area contributed by atoms with Gasteiger partial charge in [-0.2, -0.15) is 0 Å². The monoisotopic (exact) mass is 294 g/mol. The number of benzene rings is 2. The van der Waals surface area contributed by atoms with E-state index in [0.29, 0.717) is 0 Å². The van der Waals surface area contributed by atoms with Gasteiger partial charge >= 0.3 is 0 Å². The maximum absolute atomic E-state index is 9.78. The molecule has 0 bridgehead atoms. The first kappa shape index (κ1) is 16.2. The number of allylic oxidation sites excluding steroid dienone is 2. The Labute approximate surface area is 132 Å². The lowest BCUT2D eigenvalue weighted by atomic mass is 9.95. The van der Waals surface area contributed by atoms with Crippen LogP contribution in [-0.4, -0.2) is 23.4 Å². The predicted molar refractivity (Wildman–Crippen MR) is 90.6 cm³/mol. The third kappa shape index (κ3) is 4.99. The molecule has 2 heteroatoms. The second kappa shape index (κ2) is 8.98. The second-order valence-electron chi connectivity index (χ2n) is 5.20. The van der Waals surface area contributed by atoms with Crippen LogP contribution in [-0.2, 0) is 12.8 Å². The Kier molecular flexibility index (Phi) is 6.62. The van der Waals surface area contributed by atoms with Crippen LogP contribution in [0.2, 0.25) is 0 Å². The number of aliphatic hydroxyl groups excluding tert-OH is 2. The van der Waals surface area contributed by atoms with Crippen LogP contribution in [0.3, 0.4) is 0 Å². The molecule has 2 nitrogen and oxygen atoms in total. The SMILES string of the molecule is OC/C=C/C(Cc1ccccc1)=C(/CO)Cc1ccccc1. The van der Waals surface area contributed by atoms with Crippen molar-refractivity contribution < 1.29 is 10.2 Å². The predicted octanol–water partition coefficient (Wildman–Crippen LogP) is 3.31. The standard InChI is InChI=1S/C20H22O2/c21-13-7-12-19(14-17-8-3-1-4-9-17)20(16-22)15-18-10-5-2-6-11-18/h1-12,21-22H,13-16H2/b12-7+,20-19-. The number of aliphatic hydroxyl groups is 2. The average molecular weight is 294 g/mol. The quantitative estimate of drug-likeness (QED) is 0.769. The maximum Gasteiger partial charge on any atom is 0.0650 e. The molecule has 114 valence electrons. The summed E-state index contributed by atoms with van der Waals surface area (Å²) in [5.41, 5.74) is 4.42. The molecule has 0 heterocycles. The Hall–Kier alpha value is -2.16. The molecule has 2 aromatic rings. The molecule has 0 saturated heterocycles. The minimum atomic E-state index is 0.00232. The van der Waals surface area contributed by atoms with E-state index >= 15 is 0 Å². The van der Waals surface area contributed by atoms with Crippen molar-refractivity contribution in [1.82, 2.24) is 0 Å². The normalized spacial score (nSPS) is 12.5. The Bertz CT molecular complexity index is 613. The molecule has 0 fully saturated rings. The van der Waals surface area contributed by atoms with Crippen molar-refractivity contribution in [2.24, 2.45) is 0 Å². The van der Waals surface area contributed by atoms with E-state index in [1.54, 1.807) is 6.08 Å². The van der Waals surface area contributed by atoms with Gasteiger partial charge in [-0.1, -0.05) is 72.8 Å². The van der Waals surface area contributed by atoms with Crippen LogP contribution >= 0.6 is 0 Å². The molecule has 2 rings (SSSR count). The molecule has 2 aromatic carbocycles.